The van der Waals surface area contributed by atoms with Gasteiger partial charge in [-0.3, -0.25) is 0 Å². The van der Waals surface area contributed by atoms with E-state index in [1.54, 1.807) is 6.08 Å². The van der Waals surface area contributed by atoms with E-state index in [1.807, 2.05) is 25.2 Å². The van der Waals surface area contributed by atoms with Crippen molar-refractivity contribution in [1.82, 2.24) is 5.32 Å². The van der Waals surface area contributed by atoms with Crippen molar-refractivity contribution in [1.29, 1.82) is 0 Å². The van der Waals surface area contributed by atoms with Crippen LogP contribution in [0, 0.1) is 81.3 Å². The lowest BCUT2D eigenvalue weighted by molar-refractivity contribution is -0.354. The molecule has 0 unspecified atom stereocenters. The molecule has 336 valence electrons. The average Bonchev–Trinajstić information content (AvgIpc) is 4.07. The minimum absolute atomic E-state index is 0.0683. The molecule has 9 heteroatoms. The first-order valence-electron chi connectivity index (χ1n) is 24.9. The van der Waals surface area contributed by atoms with Gasteiger partial charge in [-0.25, -0.2) is 4.79 Å². The molecule has 0 saturated heterocycles. The Hall–Kier alpha value is -2.58. The van der Waals surface area contributed by atoms with E-state index < -0.39 is 63.0 Å². The molecule has 9 nitrogen and oxygen atoms in total. The largest absolute Gasteiger partial charge is 0.454 e. The predicted molar refractivity (Wildman–Crippen MR) is 233 cm³/mol. The van der Waals surface area contributed by atoms with E-state index in [4.69, 9.17) is 4.74 Å². The third-order valence-electron chi connectivity index (χ3n) is 21.4. The number of rotatable bonds is 5. The highest BCUT2D eigenvalue weighted by Gasteiger charge is 2.84. The van der Waals surface area contributed by atoms with Crippen LogP contribution in [0.4, 0.5) is 0 Å². The molecule has 8 fully saturated rings. The van der Waals surface area contributed by atoms with E-state index in [-0.39, 0.29) is 48.7 Å². The summed E-state index contributed by atoms with van der Waals surface area (Å²) in [5.74, 6) is 5.91. The predicted octanol–water partition coefficient (Wildman–Crippen LogP) is 6.33. The SMILES string of the molecule is CN[C@@H]1Cc2c(cccc2CO)C#CCC[C@]23CC[C@H]4[C@@](O)(C[C@H]5C[C@H]([C@@H](C)C6CCCC6)CC[C@H]6[C@@H](O)C7(CCCC7)C[C@@]4(C=O)[C@]56O)[C@@]2(O)C[C@H]2C[C@H]1[C@H]1OC(=O)C=C1[C@@H]23. The van der Waals surface area contributed by atoms with E-state index in [9.17, 15) is 35.1 Å². The molecule has 0 amide bonds. The number of fused-ring (bicyclic) bond motifs is 6. The number of aliphatic hydroxyl groups excluding tert-OH is 2. The molecule has 0 aromatic heterocycles. The Labute approximate surface area is 368 Å². The van der Waals surface area contributed by atoms with Gasteiger partial charge in [0.2, 0.25) is 0 Å². The first kappa shape index (κ1) is 42.1. The Bertz CT molecular complexity index is 2080. The molecule has 1 aromatic rings. The second kappa shape index (κ2) is 14.7. The number of aldehydes is 1. The topological polar surface area (TPSA) is 157 Å². The summed E-state index contributed by atoms with van der Waals surface area (Å²) in [7, 11) is 1.94. The number of nitrogens with one attached hydrogen (secondary N) is 1. The molecule has 11 aliphatic rings. The lowest BCUT2D eigenvalue weighted by Gasteiger charge is -2.73. The van der Waals surface area contributed by atoms with Gasteiger partial charge in [0, 0.05) is 47.3 Å². The highest BCUT2D eigenvalue weighted by molar-refractivity contribution is 5.86. The lowest BCUT2D eigenvalue weighted by Crippen LogP contribution is -2.82. The van der Waals surface area contributed by atoms with Gasteiger partial charge in [0.1, 0.15) is 18.0 Å². The van der Waals surface area contributed by atoms with E-state index in [2.05, 4.69) is 24.1 Å². The second-order valence-electron chi connectivity index (χ2n) is 23.0. The molecule has 10 aliphatic carbocycles. The van der Waals surface area contributed by atoms with Gasteiger partial charge >= 0.3 is 5.97 Å². The molecular weight excluding hydrogens is 779 g/mol. The summed E-state index contributed by atoms with van der Waals surface area (Å²) in [6.45, 7) is 2.29. The normalized spacial score (nSPS) is 48.0. The van der Waals surface area contributed by atoms with Gasteiger partial charge in [-0.05, 0) is 154 Å². The fraction of sp³-hybridized carbons (Fsp3) is 0.774. The minimum Gasteiger partial charge on any atom is -0.454 e. The van der Waals surface area contributed by atoms with Crippen molar-refractivity contribution in [2.75, 3.05) is 7.05 Å². The van der Waals surface area contributed by atoms with Gasteiger partial charge in [0.05, 0.1) is 29.3 Å². The first-order chi connectivity index (χ1) is 29.8. The van der Waals surface area contributed by atoms with Crippen LogP contribution in [0.2, 0.25) is 0 Å². The Morgan fingerprint density at radius 2 is 1.76 bits per heavy atom. The maximum Gasteiger partial charge on any atom is 0.331 e. The van der Waals surface area contributed by atoms with Crippen molar-refractivity contribution >= 4 is 12.3 Å². The number of aliphatic hydroxyl groups is 5. The number of likely N-dealkylation sites (N-methyl/N-ethyl adjacent to an activating group) is 1. The molecule has 16 atom stereocenters. The first-order valence-corrected chi connectivity index (χ1v) is 24.9. The van der Waals surface area contributed by atoms with Crippen LogP contribution in [-0.2, 0) is 27.4 Å². The summed E-state index contributed by atoms with van der Waals surface area (Å²) < 4.78 is 6.30. The van der Waals surface area contributed by atoms with Gasteiger partial charge < -0.3 is 40.4 Å². The molecule has 1 heterocycles. The van der Waals surface area contributed by atoms with Crippen LogP contribution in [0.3, 0.4) is 0 Å². The molecule has 1 aliphatic heterocycles. The van der Waals surface area contributed by atoms with Crippen LogP contribution in [-0.4, -0.2) is 79.9 Å². The van der Waals surface area contributed by atoms with Crippen molar-refractivity contribution in [3.8, 4) is 11.8 Å². The number of benzene rings is 1. The Morgan fingerprint density at radius 3 is 2.50 bits per heavy atom. The summed E-state index contributed by atoms with van der Waals surface area (Å²) in [5, 5.41) is 69.4. The summed E-state index contributed by atoms with van der Waals surface area (Å²) in [4.78, 5) is 28.2. The molecule has 8 saturated carbocycles. The van der Waals surface area contributed by atoms with Crippen LogP contribution in [0.1, 0.15) is 146 Å². The third kappa shape index (κ3) is 5.37. The number of carbonyl (C=O) groups excluding carboxylic acids is 2. The Morgan fingerprint density at radius 1 is 0.968 bits per heavy atom. The number of carbonyl (C=O) groups is 2. The van der Waals surface area contributed by atoms with Gasteiger partial charge in [-0.15, -0.1) is 0 Å². The lowest BCUT2D eigenvalue weighted by atomic mass is 9.33. The Kier molecular flexibility index (Phi) is 9.99. The fourth-order valence-corrected chi connectivity index (χ4v) is 18.9. The van der Waals surface area contributed by atoms with Gasteiger partial charge in [0.15, 0.2) is 0 Å². The smallest absolute Gasteiger partial charge is 0.331 e. The van der Waals surface area contributed by atoms with Crippen LogP contribution in [0.5, 0.6) is 0 Å². The number of hydrogen-bond acceptors (Lipinski definition) is 9. The van der Waals surface area contributed by atoms with Crippen molar-refractivity contribution < 1.29 is 39.9 Å². The van der Waals surface area contributed by atoms with Crippen molar-refractivity contribution in [3.05, 3.63) is 46.5 Å². The minimum atomic E-state index is -1.71. The second-order valence-corrected chi connectivity index (χ2v) is 23.0. The van der Waals surface area contributed by atoms with Gasteiger partial charge in [-0.1, -0.05) is 69.4 Å². The maximum absolute atomic E-state index is 14.7. The standard InChI is InChI=1S/C53H71NO8/c1-31(32-10-3-4-11-32)34-15-16-41-47(58)48(18-7-8-19-48)29-50(30-56)43-17-21-49-20-6-5-12-33-13-9-14-35(28-55)38(33)24-42(54-2)39-23-36(45(49)40-25-44(57)62-46(39)40)26-52(49,60)51(43,59)27-37(22-34)53(41,50)61/h9,13-14,25,30-32,34,36-37,39,41-43,45-47,54-55,58-61H,3-4,6-8,10-11,15-24,26-29H2,1-2H3/t31-,34+,36+,37+,39+,41-,42+,43+,45+,46+,47+,49+,50-,51-,52+,53-/m0/s1. The summed E-state index contributed by atoms with van der Waals surface area (Å²) in [5.41, 5.74) is -3.91. The highest BCUT2D eigenvalue weighted by Crippen LogP contribution is 2.79. The molecule has 6 N–H and O–H groups in total. The van der Waals surface area contributed by atoms with Crippen molar-refractivity contribution in [2.24, 2.45) is 69.5 Å². The summed E-state index contributed by atoms with van der Waals surface area (Å²) >= 11 is 0. The molecule has 12 rings (SSSR count). The average molecular weight is 850 g/mol. The van der Waals surface area contributed by atoms with Crippen molar-refractivity contribution in [2.45, 2.75) is 177 Å². The molecule has 62 heavy (non-hydrogen) atoms. The number of esters is 1. The summed E-state index contributed by atoms with van der Waals surface area (Å²) in [6, 6.07) is 5.78. The highest BCUT2D eigenvalue weighted by atomic mass is 16.5. The van der Waals surface area contributed by atoms with Gasteiger partial charge in [0.25, 0.3) is 0 Å². The summed E-state index contributed by atoms with van der Waals surface area (Å²) in [6.07, 6.45) is 16.4. The molecular formula is C53H71NO8. The van der Waals surface area contributed by atoms with Gasteiger partial charge in [-0.2, -0.15) is 0 Å². The zero-order valence-electron chi connectivity index (χ0n) is 37.1. The number of hydrogen-bond donors (Lipinski definition) is 6. The maximum atomic E-state index is 14.7. The monoisotopic (exact) mass is 850 g/mol. The van der Waals surface area contributed by atoms with Crippen LogP contribution in [0.25, 0.3) is 0 Å². The van der Waals surface area contributed by atoms with Crippen LogP contribution in [0.15, 0.2) is 29.8 Å². The quantitative estimate of drug-likeness (QED) is 0.113. The third-order valence-corrected chi connectivity index (χ3v) is 21.4. The van der Waals surface area contributed by atoms with E-state index >= 15 is 0 Å². The van der Waals surface area contributed by atoms with E-state index in [0.29, 0.717) is 76.0 Å². The molecule has 4 bridgehead atoms. The zero-order chi connectivity index (χ0) is 43.0. The fourth-order valence-electron chi connectivity index (χ4n) is 18.9. The Balaban J connectivity index is 1.08. The van der Waals surface area contributed by atoms with Crippen LogP contribution < -0.4 is 5.32 Å². The van der Waals surface area contributed by atoms with E-state index in [0.717, 1.165) is 60.7 Å². The molecule has 2 spiro atoms. The van der Waals surface area contributed by atoms with Crippen molar-refractivity contribution in [3.63, 3.8) is 0 Å². The van der Waals surface area contributed by atoms with Crippen LogP contribution >= 0.6 is 0 Å². The number of ether oxygens (including phenoxy) is 1. The zero-order valence-corrected chi connectivity index (χ0v) is 37.1. The van der Waals surface area contributed by atoms with E-state index in [1.165, 1.54) is 25.7 Å². The molecule has 1 aromatic carbocycles. The molecule has 0 radical (unpaired) electrons.